The average Bonchev–Trinajstić information content (AvgIpc) is 3.13. The first kappa shape index (κ1) is 18.2. The summed E-state index contributed by atoms with van der Waals surface area (Å²) < 4.78 is 9.16. The van der Waals surface area contributed by atoms with Crippen LogP contribution in [0.3, 0.4) is 0 Å². The zero-order valence-corrected chi connectivity index (χ0v) is 16.7. The van der Waals surface area contributed by atoms with E-state index in [4.69, 9.17) is 4.74 Å². The fourth-order valence-electron chi connectivity index (χ4n) is 3.90. The van der Waals surface area contributed by atoms with Gasteiger partial charge in [0.15, 0.2) is 11.2 Å². The summed E-state index contributed by atoms with van der Waals surface area (Å²) in [5.41, 5.74) is 0.881. The van der Waals surface area contributed by atoms with Gasteiger partial charge in [-0.05, 0) is 42.3 Å². The highest BCUT2D eigenvalue weighted by Crippen LogP contribution is 2.34. The predicted octanol–water partition coefficient (Wildman–Crippen LogP) is 3.00. The van der Waals surface area contributed by atoms with E-state index in [2.05, 4.69) is 21.8 Å². The van der Waals surface area contributed by atoms with Crippen molar-refractivity contribution < 1.29 is 4.74 Å². The Labute approximate surface area is 172 Å². The number of aryl methyl sites for hydroxylation is 1. The molecule has 0 unspecified atom stereocenters. The Bertz CT molecular complexity index is 1340. The molecule has 0 spiro atoms. The van der Waals surface area contributed by atoms with Gasteiger partial charge in [0.1, 0.15) is 11.5 Å². The molecule has 30 heavy (non-hydrogen) atoms. The highest BCUT2D eigenvalue weighted by atomic mass is 16.5. The lowest BCUT2D eigenvalue weighted by Gasteiger charge is -2.33. The smallest absolute Gasteiger partial charge is 0.329 e. The quantitative estimate of drug-likeness (QED) is 0.568. The minimum absolute atomic E-state index is 0.298. The van der Waals surface area contributed by atoms with E-state index in [-0.39, 0.29) is 0 Å². The van der Waals surface area contributed by atoms with Gasteiger partial charge in [-0.15, -0.1) is 0 Å². The van der Waals surface area contributed by atoms with Crippen molar-refractivity contribution in [3.63, 3.8) is 0 Å². The molecular formula is C22H21N5O3. The number of anilines is 2. The first-order valence-corrected chi connectivity index (χ1v) is 9.81. The highest BCUT2D eigenvalue weighted by molar-refractivity contribution is 5.77. The van der Waals surface area contributed by atoms with Crippen molar-refractivity contribution in [1.29, 1.82) is 0 Å². The van der Waals surface area contributed by atoms with Gasteiger partial charge in [0, 0.05) is 25.8 Å². The lowest BCUT2D eigenvalue weighted by molar-refractivity contribution is 0.458. The van der Waals surface area contributed by atoms with Crippen molar-refractivity contribution in [2.75, 3.05) is 11.4 Å². The fourth-order valence-corrected chi connectivity index (χ4v) is 3.90. The molecule has 4 aromatic rings. The van der Waals surface area contributed by atoms with Crippen molar-refractivity contribution in [2.24, 2.45) is 13.0 Å². The van der Waals surface area contributed by atoms with E-state index in [9.17, 15) is 9.59 Å². The van der Waals surface area contributed by atoms with Gasteiger partial charge in [0.05, 0.1) is 0 Å². The summed E-state index contributed by atoms with van der Waals surface area (Å²) in [5, 5.41) is 0. The summed E-state index contributed by atoms with van der Waals surface area (Å²) in [5.74, 6) is 2.47. The molecule has 3 heterocycles. The summed E-state index contributed by atoms with van der Waals surface area (Å²) in [4.78, 5) is 33.6. The van der Waals surface area contributed by atoms with Crippen LogP contribution in [0.15, 0.2) is 64.2 Å². The topological polar surface area (TPSA) is 85.2 Å². The van der Waals surface area contributed by atoms with Crippen LogP contribution < -0.4 is 20.9 Å². The Morgan fingerprint density at radius 1 is 1.00 bits per heavy atom. The maximum absolute atomic E-state index is 12.5. The Kier molecular flexibility index (Phi) is 4.20. The van der Waals surface area contributed by atoms with Crippen molar-refractivity contribution >= 4 is 22.8 Å². The molecule has 1 N–H and O–H groups in total. The van der Waals surface area contributed by atoms with Crippen molar-refractivity contribution in [2.45, 2.75) is 13.5 Å². The number of benzene rings is 2. The van der Waals surface area contributed by atoms with Crippen molar-refractivity contribution in [3.8, 4) is 11.5 Å². The molecule has 1 atom stereocenters. The van der Waals surface area contributed by atoms with Crippen LogP contribution in [0.2, 0.25) is 0 Å². The van der Waals surface area contributed by atoms with Gasteiger partial charge in [-0.2, -0.15) is 4.98 Å². The molecule has 0 bridgehead atoms. The van der Waals surface area contributed by atoms with Crippen LogP contribution >= 0.6 is 0 Å². The van der Waals surface area contributed by atoms with Crippen LogP contribution in [-0.2, 0) is 13.6 Å². The molecular weight excluding hydrogens is 382 g/mol. The van der Waals surface area contributed by atoms with Gasteiger partial charge >= 0.3 is 5.69 Å². The minimum atomic E-state index is -0.468. The largest absolute Gasteiger partial charge is 0.457 e. The van der Waals surface area contributed by atoms with Crippen LogP contribution in [0.25, 0.3) is 11.2 Å². The molecule has 152 valence electrons. The van der Waals surface area contributed by atoms with E-state index in [1.54, 1.807) is 7.05 Å². The number of imidazole rings is 1. The molecule has 8 nitrogen and oxygen atoms in total. The maximum Gasteiger partial charge on any atom is 0.329 e. The third-order valence-electron chi connectivity index (χ3n) is 5.34. The SMILES string of the molecule is C[C@H]1CN(c2ccc(Oc3ccccc3)cc2)c2nc3c(c(=O)[nH]c(=O)n3C)n2C1. The standard InChI is InChI=1S/C22H21N5O3/c1-14-12-26(15-8-10-17(11-9-15)30-16-6-4-3-5-7-16)21-23-19-18(27(21)13-14)20(28)24-22(29)25(19)2/h3-11,14H,12-13H2,1-2H3,(H,24,28,29)/t14-/m0/s1. The Morgan fingerprint density at radius 2 is 1.70 bits per heavy atom. The molecule has 0 amide bonds. The second-order valence-electron chi connectivity index (χ2n) is 7.64. The Balaban J connectivity index is 1.56. The second kappa shape index (κ2) is 6.91. The second-order valence-corrected chi connectivity index (χ2v) is 7.64. The van der Waals surface area contributed by atoms with E-state index in [1.165, 1.54) is 4.57 Å². The number of rotatable bonds is 3. The van der Waals surface area contributed by atoms with Crippen LogP contribution in [-0.4, -0.2) is 25.6 Å². The third-order valence-corrected chi connectivity index (χ3v) is 5.34. The number of nitrogens with zero attached hydrogens (tertiary/aromatic N) is 4. The third kappa shape index (κ3) is 2.97. The molecule has 0 aliphatic carbocycles. The molecule has 2 aromatic heterocycles. The number of H-pyrrole nitrogens is 1. The monoisotopic (exact) mass is 403 g/mol. The summed E-state index contributed by atoms with van der Waals surface area (Å²) in [6, 6.07) is 17.4. The van der Waals surface area contributed by atoms with Gasteiger partial charge < -0.3 is 14.2 Å². The molecule has 0 fully saturated rings. The van der Waals surface area contributed by atoms with E-state index >= 15 is 0 Å². The number of hydrogen-bond acceptors (Lipinski definition) is 5. The number of aromatic amines is 1. The lowest BCUT2D eigenvalue weighted by Crippen LogP contribution is -2.35. The van der Waals surface area contributed by atoms with E-state index < -0.39 is 11.2 Å². The average molecular weight is 403 g/mol. The number of para-hydroxylation sites is 1. The first-order chi connectivity index (χ1) is 14.5. The maximum atomic E-state index is 12.5. The molecule has 5 rings (SSSR count). The molecule has 1 aliphatic heterocycles. The highest BCUT2D eigenvalue weighted by Gasteiger charge is 2.28. The van der Waals surface area contributed by atoms with Gasteiger partial charge in [0.2, 0.25) is 5.95 Å². The molecule has 8 heteroatoms. The zero-order valence-electron chi connectivity index (χ0n) is 16.7. The number of ether oxygens (including phenoxy) is 1. The molecule has 0 saturated heterocycles. The summed E-state index contributed by atoms with van der Waals surface area (Å²) >= 11 is 0. The summed E-state index contributed by atoms with van der Waals surface area (Å²) in [6.45, 7) is 3.55. The fraction of sp³-hybridized carbons (Fsp3) is 0.227. The van der Waals surface area contributed by atoms with Gasteiger partial charge in [0.25, 0.3) is 5.56 Å². The number of fused-ring (bicyclic) bond motifs is 3. The summed E-state index contributed by atoms with van der Waals surface area (Å²) in [7, 11) is 1.61. The Morgan fingerprint density at radius 3 is 2.43 bits per heavy atom. The van der Waals surface area contributed by atoms with Gasteiger partial charge in [-0.25, -0.2) is 4.79 Å². The van der Waals surface area contributed by atoms with Gasteiger partial charge in [-0.1, -0.05) is 25.1 Å². The van der Waals surface area contributed by atoms with Crippen LogP contribution in [0, 0.1) is 5.92 Å². The first-order valence-electron chi connectivity index (χ1n) is 9.81. The predicted molar refractivity (Wildman–Crippen MR) is 115 cm³/mol. The van der Waals surface area contributed by atoms with Crippen molar-refractivity contribution in [3.05, 3.63) is 75.4 Å². The molecule has 1 aliphatic rings. The van der Waals surface area contributed by atoms with Crippen molar-refractivity contribution in [1.82, 2.24) is 19.1 Å². The molecule has 0 saturated carbocycles. The van der Waals surface area contributed by atoms with E-state index in [1.807, 2.05) is 59.2 Å². The number of hydrogen-bond donors (Lipinski definition) is 1. The molecule has 2 aromatic carbocycles. The zero-order chi connectivity index (χ0) is 20.8. The number of nitrogens with one attached hydrogen (secondary N) is 1. The minimum Gasteiger partial charge on any atom is -0.457 e. The van der Waals surface area contributed by atoms with Crippen LogP contribution in [0.5, 0.6) is 11.5 Å². The summed E-state index contributed by atoms with van der Waals surface area (Å²) in [6.07, 6.45) is 0. The van der Waals surface area contributed by atoms with Crippen LogP contribution in [0.1, 0.15) is 6.92 Å². The van der Waals surface area contributed by atoms with Crippen LogP contribution in [0.4, 0.5) is 11.6 Å². The Hall–Kier alpha value is -3.81. The van der Waals surface area contributed by atoms with E-state index in [0.717, 1.165) is 23.7 Å². The normalized spacial score (nSPS) is 15.9. The number of aromatic nitrogens is 4. The molecule has 0 radical (unpaired) electrons. The van der Waals surface area contributed by atoms with E-state index in [0.29, 0.717) is 29.6 Å². The van der Waals surface area contributed by atoms with Gasteiger partial charge in [-0.3, -0.25) is 14.3 Å². The lowest BCUT2D eigenvalue weighted by atomic mass is 10.1.